The molecule has 0 radical (unpaired) electrons. The third kappa shape index (κ3) is 2.93. The van der Waals surface area contributed by atoms with Gasteiger partial charge in [-0.3, -0.25) is 0 Å². The van der Waals surface area contributed by atoms with Crippen LogP contribution in [-0.4, -0.2) is 44.3 Å². The second-order valence-electron chi connectivity index (χ2n) is 3.28. The molecule has 7 heteroatoms. The third-order valence-corrected chi connectivity index (χ3v) is 3.11. The molecule has 0 aliphatic carbocycles. The molecule has 0 aliphatic rings. The molecule has 0 aromatic carbocycles. The van der Waals surface area contributed by atoms with E-state index in [0.717, 1.165) is 0 Å². The maximum absolute atomic E-state index is 11.1. The number of nitrogens with zero attached hydrogens (tertiary/aromatic N) is 3. The molecular weight excluding hydrogens is 218 g/mol. The van der Waals surface area contributed by atoms with Crippen molar-refractivity contribution in [2.45, 2.75) is 17.7 Å². The first-order valence-electron chi connectivity index (χ1n) is 4.25. The van der Waals surface area contributed by atoms with E-state index in [1.807, 2.05) is 0 Å². The largest absolute Gasteiger partial charge is 0.467 e. The number of esters is 1. The summed E-state index contributed by atoms with van der Waals surface area (Å²) in [6.45, 7) is 1.40. The zero-order valence-corrected chi connectivity index (χ0v) is 9.61. The van der Waals surface area contributed by atoms with Gasteiger partial charge in [0, 0.05) is 12.8 Å². The topological polar surface area (TPSA) is 77.2 Å². The van der Waals surface area contributed by atoms with Gasteiger partial charge in [0.05, 0.1) is 7.11 Å². The highest BCUT2D eigenvalue weighted by Gasteiger charge is 2.32. The van der Waals surface area contributed by atoms with Crippen molar-refractivity contribution in [3.05, 3.63) is 6.33 Å². The Morgan fingerprint density at radius 3 is 2.93 bits per heavy atom. The van der Waals surface area contributed by atoms with Gasteiger partial charge in [0.25, 0.3) is 0 Å². The Bertz CT molecular complexity index is 351. The Morgan fingerprint density at radius 1 is 1.80 bits per heavy atom. The quantitative estimate of drug-likeness (QED) is 0.572. The lowest BCUT2D eigenvalue weighted by Gasteiger charge is -2.18. The minimum Gasteiger partial charge on any atom is -0.467 e. The van der Waals surface area contributed by atoms with Crippen LogP contribution in [-0.2, 0) is 16.6 Å². The highest BCUT2D eigenvalue weighted by atomic mass is 32.2. The van der Waals surface area contributed by atoms with Crippen LogP contribution in [0.15, 0.2) is 11.5 Å². The molecule has 0 fully saturated rings. The SMILES string of the molecule is COC(=O)C(C)(O)CSc1nncn1C. The number of aliphatic hydroxyl groups is 1. The van der Waals surface area contributed by atoms with Crippen molar-refractivity contribution in [3.63, 3.8) is 0 Å². The molecule has 0 bridgehead atoms. The maximum Gasteiger partial charge on any atom is 0.338 e. The van der Waals surface area contributed by atoms with Crippen LogP contribution in [0.4, 0.5) is 0 Å². The molecule has 0 spiro atoms. The Labute approximate surface area is 91.6 Å². The predicted octanol–water partition coefficient (Wildman–Crippen LogP) is -0.169. The van der Waals surface area contributed by atoms with Gasteiger partial charge in [0.1, 0.15) is 6.33 Å². The molecule has 1 heterocycles. The van der Waals surface area contributed by atoms with Gasteiger partial charge in [-0.05, 0) is 6.92 Å². The van der Waals surface area contributed by atoms with E-state index in [2.05, 4.69) is 14.9 Å². The monoisotopic (exact) mass is 231 g/mol. The fourth-order valence-electron chi connectivity index (χ4n) is 0.887. The summed E-state index contributed by atoms with van der Waals surface area (Å²) in [5.41, 5.74) is -1.51. The van der Waals surface area contributed by atoms with Gasteiger partial charge in [0.2, 0.25) is 0 Å². The Morgan fingerprint density at radius 2 is 2.47 bits per heavy atom. The Hall–Kier alpha value is -1.08. The molecular formula is C8H13N3O3S. The summed E-state index contributed by atoms with van der Waals surface area (Å²) in [6.07, 6.45) is 1.55. The number of carbonyl (C=O) groups excluding carboxylic acids is 1. The molecule has 0 aliphatic heterocycles. The maximum atomic E-state index is 11.1. The van der Waals surface area contributed by atoms with E-state index in [9.17, 15) is 9.90 Å². The average Bonchev–Trinajstić information content (AvgIpc) is 2.60. The first kappa shape index (κ1) is 12.0. The Balaban J connectivity index is 2.57. The van der Waals surface area contributed by atoms with Crippen LogP contribution in [0, 0.1) is 0 Å². The van der Waals surface area contributed by atoms with E-state index in [1.165, 1.54) is 25.8 Å². The van der Waals surface area contributed by atoms with Gasteiger partial charge in [0.15, 0.2) is 10.8 Å². The summed E-state index contributed by atoms with van der Waals surface area (Å²) in [5.74, 6) is -0.483. The smallest absolute Gasteiger partial charge is 0.338 e. The van der Waals surface area contributed by atoms with Crippen molar-refractivity contribution < 1.29 is 14.6 Å². The molecule has 0 amide bonds. The summed E-state index contributed by atoms with van der Waals surface area (Å²) in [4.78, 5) is 11.1. The second kappa shape index (κ2) is 4.63. The van der Waals surface area contributed by atoms with Gasteiger partial charge in [-0.25, -0.2) is 4.79 Å². The van der Waals surface area contributed by atoms with Crippen LogP contribution in [0.1, 0.15) is 6.92 Å². The summed E-state index contributed by atoms with van der Waals surface area (Å²) < 4.78 is 6.18. The van der Waals surface area contributed by atoms with Crippen LogP contribution in [0.25, 0.3) is 0 Å². The van der Waals surface area contributed by atoms with Crippen molar-refractivity contribution >= 4 is 17.7 Å². The zero-order valence-electron chi connectivity index (χ0n) is 8.80. The van der Waals surface area contributed by atoms with Crippen molar-refractivity contribution in [1.82, 2.24) is 14.8 Å². The minimum atomic E-state index is -1.51. The molecule has 1 rings (SSSR count). The fraction of sp³-hybridized carbons (Fsp3) is 0.625. The summed E-state index contributed by atoms with van der Waals surface area (Å²) in [7, 11) is 3.03. The van der Waals surface area contributed by atoms with Crippen molar-refractivity contribution in [2.24, 2.45) is 7.05 Å². The number of carbonyl (C=O) groups is 1. The summed E-state index contributed by atoms with van der Waals surface area (Å²) >= 11 is 1.24. The predicted molar refractivity (Wildman–Crippen MR) is 54.4 cm³/mol. The van der Waals surface area contributed by atoms with Gasteiger partial charge in [-0.2, -0.15) is 0 Å². The molecule has 1 unspecified atom stereocenters. The molecule has 1 aromatic heterocycles. The van der Waals surface area contributed by atoms with Crippen LogP contribution in [0.2, 0.25) is 0 Å². The van der Waals surface area contributed by atoms with E-state index in [1.54, 1.807) is 17.9 Å². The second-order valence-corrected chi connectivity index (χ2v) is 4.22. The van der Waals surface area contributed by atoms with E-state index in [0.29, 0.717) is 5.16 Å². The summed E-state index contributed by atoms with van der Waals surface area (Å²) in [6, 6.07) is 0. The van der Waals surface area contributed by atoms with Gasteiger partial charge in [-0.1, -0.05) is 11.8 Å². The molecule has 84 valence electrons. The van der Waals surface area contributed by atoms with Crippen molar-refractivity contribution in [2.75, 3.05) is 12.9 Å². The molecule has 1 atom stereocenters. The molecule has 0 saturated carbocycles. The first-order chi connectivity index (χ1) is 6.97. The first-order valence-corrected chi connectivity index (χ1v) is 5.23. The number of hydrogen-bond acceptors (Lipinski definition) is 6. The average molecular weight is 231 g/mol. The summed E-state index contributed by atoms with van der Waals surface area (Å²) in [5, 5.41) is 17.9. The number of aryl methyl sites for hydroxylation is 1. The molecule has 0 saturated heterocycles. The third-order valence-electron chi connectivity index (χ3n) is 1.78. The van der Waals surface area contributed by atoms with Gasteiger partial charge < -0.3 is 14.4 Å². The molecule has 1 aromatic rings. The number of hydrogen-bond donors (Lipinski definition) is 1. The number of rotatable bonds is 4. The van der Waals surface area contributed by atoms with E-state index >= 15 is 0 Å². The van der Waals surface area contributed by atoms with Crippen LogP contribution in [0.3, 0.4) is 0 Å². The van der Waals surface area contributed by atoms with Crippen LogP contribution < -0.4 is 0 Å². The van der Waals surface area contributed by atoms with Gasteiger partial charge >= 0.3 is 5.97 Å². The van der Waals surface area contributed by atoms with Crippen LogP contribution in [0.5, 0.6) is 0 Å². The number of methoxy groups -OCH3 is 1. The highest BCUT2D eigenvalue weighted by Crippen LogP contribution is 2.20. The standard InChI is InChI=1S/C8H13N3O3S/c1-8(13,6(12)14-3)4-15-7-10-9-5-11(7)2/h5,13H,4H2,1-3H3. The molecule has 6 nitrogen and oxygen atoms in total. The lowest BCUT2D eigenvalue weighted by atomic mass is 10.1. The van der Waals surface area contributed by atoms with Gasteiger partial charge in [-0.15, -0.1) is 10.2 Å². The van der Waals surface area contributed by atoms with Crippen molar-refractivity contribution in [3.8, 4) is 0 Å². The molecule has 15 heavy (non-hydrogen) atoms. The zero-order chi connectivity index (χ0) is 11.5. The lowest BCUT2D eigenvalue weighted by molar-refractivity contribution is -0.158. The van der Waals surface area contributed by atoms with Crippen LogP contribution >= 0.6 is 11.8 Å². The van der Waals surface area contributed by atoms with E-state index < -0.39 is 11.6 Å². The number of thioether (sulfide) groups is 1. The van der Waals surface area contributed by atoms with E-state index in [4.69, 9.17) is 0 Å². The highest BCUT2D eigenvalue weighted by molar-refractivity contribution is 7.99. The number of ether oxygens (including phenoxy) is 1. The molecule has 1 N–H and O–H groups in total. The minimum absolute atomic E-state index is 0.173. The number of aromatic nitrogens is 3. The van der Waals surface area contributed by atoms with E-state index in [-0.39, 0.29) is 5.75 Å². The fourth-order valence-corrected chi connectivity index (χ4v) is 1.77. The lowest BCUT2D eigenvalue weighted by Crippen LogP contribution is -2.38. The van der Waals surface area contributed by atoms with Crippen molar-refractivity contribution in [1.29, 1.82) is 0 Å². The normalized spacial score (nSPS) is 14.7. The Kier molecular flexibility index (Phi) is 3.70.